The summed E-state index contributed by atoms with van der Waals surface area (Å²) in [6, 6.07) is 0. The van der Waals surface area contributed by atoms with Gasteiger partial charge in [-0.15, -0.1) is 11.3 Å². The Balaban J connectivity index is 1.53. The van der Waals surface area contributed by atoms with E-state index in [0.29, 0.717) is 23.9 Å². The van der Waals surface area contributed by atoms with Gasteiger partial charge >= 0.3 is 0 Å². The molecule has 4 heterocycles. The molecule has 3 aliphatic rings. The van der Waals surface area contributed by atoms with Gasteiger partial charge in [-0.3, -0.25) is 4.79 Å². The van der Waals surface area contributed by atoms with Crippen LogP contribution in [0.3, 0.4) is 0 Å². The molecule has 2 aromatic rings. The van der Waals surface area contributed by atoms with E-state index in [1.54, 1.807) is 7.11 Å². The summed E-state index contributed by atoms with van der Waals surface area (Å²) in [5.74, 6) is 0.619. The molecule has 0 unspecified atom stereocenters. The number of hydrogen-bond donors (Lipinski definition) is 1. The second-order valence-electron chi connectivity index (χ2n) is 7.13. The molecule has 7 nitrogen and oxygen atoms in total. The van der Waals surface area contributed by atoms with Crippen molar-refractivity contribution < 1.29 is 18.8 Å². The van der Waals surface area contributed by atoms with Crippen LogP contribution in [-0.2, 0) is 9.47 Å². The minimum atomic E-state index is -0.269. The summed E-state index contributed by atoms with van der Waals surface area (Å²) in [6.07, 6.45) is 1.60. The third kappa shape index (κ3) is 2.59. The minimum Gasteiger partial charge on any atom is -0.382 e. The van der Waals surface area contributed by atoms with E-state index in [1.165, 1.54) is 11.3 Å². The zero-order chi connectivity index (χ0) is 17.8. The summed E-state index contributed by atoms with van der Waals surface area (Å²) in [4.78, 5) is 18.0. The molecule has 2 bridgehead atoms. The SMILES string of the molecule is COCC12CC(NC(=O)c3sc(-c4c(C)noc4C)nc3C)(CO1)C2. The lowest BCUT2D eigenvalue weighted by atomic mass is 9.68. The molecule has 0 atom stereocenters. The van der Waals surface area contributed by atoms with Crippen LogP contribution >= 0.6 is 11.3 Å². The molecular formula is C17H21N3O4S. The van der Waals surface area contributed by atoms with Gasteiger partial charge in [0, 0.05) is 20.0 Å². The lowest BCUT2D eigenvalue weighted by Gasteiger charge is -2.44. The Bertz CT molecular complexity index is 816. The zero-order valence-corrected chi connectivity index (χ0v) is 15.6. The third-order valence-electron chi connectivity index (χ3n) is 5.01. The fourth-order valence-electron chi connectivity index (χ4n) is 4.01. The standard InChI is InChI=1S/C17H21N3O4S/c1-9-12(11(3)24-20-9)15-18-10(2)13(25-15)14(21)19-16-5-17(6-16,8-22-4)23-7-16/h5-8H2,1-4H3,(H,19,21). The number of nitrogens with one attached hydrogen (secondary N) is 1. The maximum Gasteiger partial charge on any atom is 0.263 e. The number of aryl methyl sites for hydroxylation is 3. The molecule has 1 amide bonds. The van der Waals surface area contributed by atoms with Crippen LogP contribution in [0, 0.1) is 20.8 Å². The molecule has 25 heavy (non-hydrogen) atoms. The number of carbonyl (C=O) groups is 1. The van der Waals surface area contributed by atoms with Crippen LogP contribution in [-0.4, -0.2) is 47.5 Å². The number of rotatable bonds is 5. The summed E-state index contributed by atoms with van der Waals surface area (Å²) in [7, 11) is 1.67. The Labute approximate surface area is 149 Å². The van der Waals surface area contributed by atoms with E-state index in [2.05, 4.69) is 15.5 Å². The lowest BCUT2D eigenvalue weighted by molar-refractivity contribution is -0.0624. The van der Waals surface area contributed by atoms with Crippen molar-refractivity contribution in [2.75, 3.05) is 20.3 Å². The van der Waals surface area contributed by atoms with Crippen molar-refractivity contribution in [1.82, 2.24) is 15.5 Å². The zero-order valence-electron chi connectivity index (χ0n) is 14.8. The normalized spacial score (nSPS) is 27.4. The van der Waals surface area contributed by atoms with Gasteiger partial charge < -0.3 is 19.3 Å². The highest BCUT2D eigenvalue weighted by Gasteiger charge is 2.63. The van der Waals surface area contributed by atoms with Gasteiger partial charge in [0.15, 0.2) is 0 Å². The molecule has 1 aliphatic carbocycles. The number of ether oxygens (including phenoxy) is 2. The van der Waals surface area contributed by atoms with E-state index >= 15 is 0 Å². The fraction of sp³-hybridized carbons (Fsp3) is 0.588. The Morgan fingerprint density at radius 2 is 2.08 bits per heavy atom. The van der Waals surface area contributed by atoms with Gasteiger partial charge in [-0.25, -0.2) is 4.98 Å². The highest BCUT2D eigenvalue weighted by atomic mass is 32.1. The molecule has 2 aliphatic heterocycles. The van der Waals surface area contributed by atoms with Crippen molar-refractivity contribution in [2.45, 2.75) is 44.8 Å². The van der Waals surface area contributed by atoms with Gasteiger partial charge in [-0.05, 0) is 20.8 Å². The number of aromatic nitrogens is 2. The fourth-order valence-corrected chi connectivity index (χ4v) is 5.11. The quantitative estimate of drug-likeness (QED) is 0.878. The summed E-state index contributed by atoms with van der Waals surface area (Å²) in [6.45, 7) is 6.69. The summed E-state index contributed by atoms with van der Waals surface area (Å²) < 4.78 is 16.3. The van der Waals surface area contributed by atoms with E-state index in [0.717, 1.165) is 34.8 Å². The largest absolute Gasteiger partial charge is 0.382 e. The van der Waals surface area contributed by atoms with Crippen molar-refractivity contribution in [3.63, 3.8) is 0 Å². The van der Waals surface area contributed by atoms with E-state index < -0.39 is 0 Å². The number of hydrogen-bond acceptors (Lipinski definition) is 7. The first-order valence-electron chi connectivity index (χ1n) is 8.23. The van der Waals surface area contributed by atoms with Crippen LogP contribution < -0.4 is 5.32 Å². The van der Waals surface area contributed by atoms with Crippen molar-refractivity contribution in [1.29, 1.82) is 0 Å². The lowest BCUT2D eigenvalue weighted by Crippen LogP contribution is -2.61. The van der Waals surface area contributed by atoms with Gasteiger partial charge in [0.1, 0.15) is 15.6 Å². The average Bonchev–Trinajstić information content (AvgIpc) is 3.23. The van der Waals surface area contributed by atoms with Crippen molar-refractivity contribution in [3.8, 4) is 10.6 Å². The van der Waals surface area contributed by atoms with Crippen molar-refractivity contribution >= 4 is 17.2 Å². The first-order valence-corrected chi connectivity index (χ1v) is 9.05. The first-order chi connectivity index (χ1) is 11.9. The molecule has 5 rings (SSSR count). The number of fused-ring (bicyclic) bond motifs is 1. The minimum absolute atomic E-state index is 0.0930. The van der Waals surface area contributed by atoms with E-state index in [-0.39, 0.29) is 17.0 Å². The third-order valence-corrected chi connectivity index (χ3v) is 6.19. The van der Waals surface area contributed by atoms with Gasteiger partial charge in [-0.1, -0.05) is 5.16 Å². The highest BCUT2D eigenvalue weighted by molar-refractivity contribution is 7.17. The number of nitrogens with zero attached hydrogens (tertiary/aromatic N) is 2. The Morgan fingerprint density at radius 1 is 1.32 bits per heavy atom. The molecule has 1 saturated carbocycles. The van der Waals surface area contributed by atoms with Crippen LogP contribution in [0.1, 0.15) is 39.7 Å². The second kappa shape index (κ2) is 5.62. The van der Waals surface area contributed by atoms with E-state index in [1.807, 2.05) is 20.8 Å². The van der Waals surface area contributed by atoms with E-state index in [4.69, 9.17) is 14.0 Å². The monoisotopic (exact) mass is 363 g/mol. The Morgan fingerprint density at radius 3 is 2.72 bits per heavy atom. The first kappa shape index (κ1) is 16.7. The summed E-state index contributed by atoms with van der Waals surface area (Å²) >= 11 is 1.37. The maximum absolute atomic E-state index is 12.8. The number of carbonyl (C=O) groups excluding carboxylic acids is 1. The smallest absolute Gasteiger partial charge is 0.263 e. The van der Waals surface area contributed by atoms with Gasteiger partial charge in [0.25, 0.3) is 5.91 Å². The Hall–Kier alpha value is -1.77. The molecule has 0 radical (unpaired) electrons. The molecule has 3 fully saturated rings. The summed E-state index contributed by atoms with van der Waals surface area (Å²) in [5, 5.41) is 7.89. The molecule has 1 N–H and O–H groups in total. The topological polar surface area (TPSA) is 86.5 Å². The van der Waals surface area contributed by atoms with E-state index in [9.17, 15) is 4.79 Å². The van der Waals surface area contributed by atoms with Crippen molar-refractivity contribution in [2.24, 2.45) is 0 Å². The molecular weight excluding hydrogens is 342 g/mol. The number of methoxy groups -OCH3 is 1. The molecule has 0 aromatic carbocycles. The highest BCUT2D eigenvalue weighted by Crippen LogP contribution is 2.51. The average molecular weight is 363 g/mol. The predicted molar refractivity (Wildman–Crippen MR) is 91.8 cm³/mol. The van der Waals surface area contributed by atoms with Crippen LogP contribution in [0.4, 0.5) is 0 Å². The van der Waals surface area contributed by atoms with Crippen LogP contribution in [0.2, 0.25) is 0 Å². The summed E-state index contributed by atoms with van der Waals surface area (Å²) in [5.41, 5.74) is 1.89. The molecule has 134 valence electrons. The van der Waals surface area contributed by atoms with Gasteiger partial charge in [0.2, 0.25) is 0 Å². The second-order valence-corrected chi connectivity index (χ2v) is 8.12. The molecule has 0 spiro atoms. The number of amides is 1. The van der Waals surface area contributed by atoms with Crippen LogP contribution in [0.25, 0.3) is 10.6 Å². The van der Waals surface area contributed by atoms with Crippen LogP contribution in [0.15, 0.2) is 4.52 Å². The number of thiazole rings is 1. The maximum atomic E-state index is 12.8. The molecule has 2 saturated heterocycles. The van der Waals surface area contributed by atoms with Gasteiger partial charge in [-0.2, -0.15) is 0 Å². The van der Waals surface area contributed by atoms with Crippen molar-refractivity contribution in [3.05, 3.63) is 22.0 Å². The molecule has 8 heteroatoms. The molecule has 2 aromatic heterocycles. The Kier molecular flexibility index (Phi) is 3.75. The van der Waals surface area contributed by atoms with Gasteiger partial charge in [0.05, 0.1) is 41.3 Å². The van der Waals surface area contributed by atoms with Crippen LogP contribution in [0.5, 0.6) is 0 Å². The predicted octanol–water partition coefficient (Wildman–Crippen LogP) is 2.40.